The molecule has 3 heteroatoms. The van der Waals surface area contributed by atoms with Gasteiger partial charge in [0.15, 0.2) is 0 Å². The molecule has 0 N–H and O–H groups in total. The maximum absolute atomic E-state index is 15.6. The van der Waals surface area contributed by atoms with Crippen molar-refractivity contribution in [3.63, 3.8) is 0 Å². The molecule has 0 saturated heterocycles. The zero-order chi connectivity index (χ0) is 27.5. The molecule has 0 aromatic heterocycles. The number of rotatable bonds is 5. The number of alkyl halides is 3. The van der Waals surface area contributed by atoms with Gasteiger partial charge in [0.25, 0.3) is 0 Å². The molecule has 0 bridgehead atoms. The minimum Gasteiger partial charge on any atom is -0.166 e. The lowest BCUT2D eigenvalue weighted by molar-refractivity contribution is -0.136. The Morgan fingerprint density at radius 3 is 0.700 bits per heavy atom. The van der Waals surface area contributed by atoms with Crippen molar-refractivity contribution in [3.05, 3.63) is 157 Å². The van der Waals surface area contributed by atoms with E-state index in [9.17, 15) is 0 Å². The Balaban J connectivity index is 1.96. The monoisotopic (exact) mass is 526 g/mol. The maximum atomic E-state index is 15.6. The minimum absolute atomic E-state index is 0.177. The van der Waals surface area contributed by atoms with Crippen LogP contribution >= 0.6 is 0 Å². The largest absolute Gasteiger partial charge is 0.417 e. The van der Waals surface area contributed by atoms with Crippen molar-refractivity contribution in [1.29, 1.82) is 0 Å². The van der Waals surface area contributed by atoms with Gasteiger partial charge in [-0.3, -0.25) is 0 Å². The summed E-state index contributed by atoms with van der Waals surface area (Å²) in [6.07, 6.45) is -4.64. The zero-order valence-electron chi connectivity index (χ0n) is 21.6. The van der Waals surface area contributed by atoms with E-state index in [2.05, 4.69) is 0 Å². The highest BCUT2D eigenvalue weighted by atomic mass is 19.4. The molecule has 0 unspecified atom stereocenters. The topological polar surface area (TPSA) is 0 Å². The van der Waals surface area contributed by atoms with E-state index in [1.165, 1.54) is 0 Å². The van der Waals surface area contributed by atoms with Gasteiger partial charge in [-0.1, -0.05) is 152 Å². The number of hydrogen-bond donors (Lipinski definition) is 0. The zero-order valence-corrected chi connectivity index (χ0v) is 21.6. The Bertz CT molecular complexity index is 1620. The molecule has 0 aliphatic heterocycles. The van der Waals surface area contributed by atoms with Gasteiger partial charge in [0.1, 0.15) is 0 Å². The van der Waals surface area contributed by atoms with Crippen molar-refractivity contribution in [2.24, 2.45) is 0 Å². The van der Waals surface area contributed by atoms with Crippen molar-refractivity contribution in [2.75, 3.05) is 0 Å². The molecule has 0 spiro atoms. The molecule has 0 fully saturated rings. The van der Waals surface area contributed by atoms with Crippen molar-refractivity contribution in [3.8, 4) is 55.6 Å². The van der Waals surface area contributed by atoms with E-state index in [1.807, 2.05) is 103 Å². The average Bonchev–Trinajstić information content (AvgIpc) is 3.01. The van der Waals surface area contributed by atoms with Gasteiger partial charge in [-0.2, -0.15) is 13.2 Å². The van der Waals surface area contributed by atoms with Crippen LogP contribution in [0.4, 0.5) is 13.2 Å². The normalized spacial score (nSPS) is 11.4. The fraction of sp³-hybridized carbons (Fsp3) is 0.0270. The lowest BCUT2D eigenvalue weighted by Gasteiger charge is -2.29. The van der Waals surface area contributed by atoms with Crippen LogP contribution in [-0.4, -0.2) is 0 Å². The number of hydrogen-bond acceptors (Lipinski definition) is 0. The van der Waals surface area contributed by atoms with Gasteiger partial charge in [-0.15, -0.1) is 0 Å². The lowest BCUT2D eigenvalue weighted by atomic mass is 9.75. The quantitative estimate of drug-likeness (QED) is 0.210. The molecule has 6 rings (SSSR count). The van der Waals surface area contributed by atoms with E-state index >= 15 is 13.2 Å². The van der Waals surface area contributed by atoms with Crippen LogP contribution in [0.2, 0.25) is 0 Å². The van der Waals surface area contributed by atoms with Gasteiger partial charge in [0.2, 0.25) is 0 Å². The standard InChI is InChI=1S/C37H25F3/c38-37(39,40)36-34(29-22-12-4-13-23-29)32(27-18-8-2-9-19-27)31(26-16-6-1-7-17-26)33(28-20-10-3-11-21-28)35(36)30-24-14-5-15-25-30/h1-25H. The summed E-state index contributed by atoms with van der Waals surface area (Å²) in [5, 5.41) is 0. The average molecular weight is 527 g/mol. The second-order valence-electron chi connectivity index (χ2n) is 9.58. The van der Waals surface area contributed by atoms with Crippen LogP contribution in [0.15, 0.2) is 152 Å². The van der Waals surface area contributed by atoms with Crippen LogP contribution in [0.1, 0.15) is 5.56 Å². The third-order valence-corrected chi connectivity index (χ3v) is 7.10. The van der Waals surface area contributed by atoms with Crippen LogP contribution in [0.25, 0.3) is 55.6 Å². The molecule has 0 saturated carbocycles. The van der Waals surface area contributed by atoms with Crippen molar-refractivity contribution >= 4 is 0 Å². The van der Waals surface area contributed by atoms with E-state index in [0.29, 0.717) is 22.3 Å². The Morgan fingerprint density at radius 1 is 0.275 bits per heavy atom. The summed E-state index contributed by atoms with van der Waals surface area (Å²) in [5.41, 5.74) is 4.94. The Morgan fingerprint density at radius 2 is 0.475 bits per heavy atom. The number of benzene rings is 6. The predicted octanol–water partition coefficient (Wildman–Crippen LogP) is 11.0. The molecule has 0 amide bonds. The van der Waals surface area contributed by atoms with Crippen LogP contribution < -0.4 is 0 Å². The van der Waals surface area contributed by atoms with Crippen molar-refractivity contribution in [1.82, 2.24) is 0 Å². The molecule has 40 heavy (non-hydrogen) atoms. The fourth-order valence-electron chi connectivity index (χ4n) is 5.50. The summed E-state index contributed by atoms with van der Waals surface area (Å²) in [4.78, 5) is 0. The first-order valence-electron chi connectivity index (χ1n) is 13.1. The number of halogens is 3. The molecule has 0 aliphatic rings. The molecule has 194 valence electrons. The molecular formula is C37H25F3. The van der Waals surface area contributed by atoms with Gasteiger partial charge < -0.3 is 0 Å². The Labute approximate surface area is 232 Å². The summed E-state index contributed by atoms with van der Waals surface area (Å²) >= 11 is 0. The highest BCUT2D eigenvalue weighted by molar-refractivity contribution is 6.09. The molecule has 6 aromatic carbocycles. The van der Waals surface area contributed by atoms with Gasteiger partial charge in [0.05, 0.1) is 5.56 Å². The molecular weight excluding hydrogens is 501 g/mol. The summed E-state index contributed by atoms with van der Waals surface area (Å²) in [5.74, 6) is 0. The van der Waals surface area contributed by atoms with E-state index < -0.39 is 11.7 Å². The van der Waals surface area contributed by atoms with Gasteiger partial charge in [-0.05, 0) is 44.5 Å². The lowest BCUT2D eigenvalue weighted by Crippen LogP contribution is -2.13. The SMILES string of the molecule is FC(F)(F)c1c(-c2ccccc2)c(-c2ccccc2)c(-c2ccccc2)c(-c2ccccc2)c1-c1ccccc1. The predicted molar refractivity (Wildman–Crippen MR) is 159 cm³/mol. The Kier molecular flexibility index (Phi) is 6.79. The van der Waals surface area contributed by atoms with Crippen LogP contribution in [-0.2, 0) is 6.18 Å². The van der Waals surface area contributed by atoms with E-state index in [4.69, 9.17) is 0 Å². The third-order valence-electron chi connectivity index (χ3n) is 7.10. The summed E-state index contributed by atoms with van der Waals surface area (Å²) in [6, 6.07) is 46.5. The molecule has 0 heterocycles. The van der Waals surface area contributed by atoms with Crippen LogP contribution in [0.5, 0.6) is 0 Å². The molecule has 0 aliphatic carbocycles. The first-order valence-corrected chi connectivity index (χ1v) is 13.1. The fourth-order valence-corrected chi connectivity index (χ4v) is 5.50. The van der Waals surface area contributed by atoms with Gasteiger partial charge in [0, 0.05) is 11.1 Å². The van der Waals surface area contributed by atoms with Gasteiger partial charge >= 0.3 is 6.18 Å². The smallest absolute Gasteiger partial charge is 0.166 e. The van der Waals surface area contributed by atoms with Gasteiger partial charge in [-0.25, -0.2) is 0 Å². The first-order chi connectivity index (χ1) is 19.5. The van der Waals surface area contributed by atoms with Crippen LogP contribution in [0.3, 0.4) is 0 Å². The van der Waals surface area contributed by atoms with Crippen molar-refractivity contribution < 1.29 is 13.2 Å². The van der Waals surface area contributed by atoms with E-state index in [-0.39, 0.29) is 11.1 Å². The summed E-state index contributed by atoms with van der Waals surface area (Å²) in [6.45, 7) is 0. The van der Waals surface area contributed by atoms with Crippen molar-refractivity contribution in [2.45, 2.75) is 6.18 Å². The van der Waals surface area contributed by atoms with E-state index in [0.717, 1.165) is 22.3 Å². The molecule has 0 atom stereocenters. The second kappa shape index (κ2) is 10.7. The minimum atomic E-state index is -4.64. The summed E-state index contributed by atoms with van der Waals surface area (Å²) in [7, 11) is 0. The Hall–Kier alpha value is -4.89. The first kappa shape index (κ1) is 25.4. The summed E-state index contributed by atoms with van der Waals surface area (Å²) < 4.78 is 46.8. The maximum Gasteiger partial charge on any atom is 0.417 e. The molecule has 0 radical (unpaired) electrons. The highest BCUT2D eigenvalue weighted by Crippen LogP contribution is 2.56. The second-order valence-corrected chi connectivity index (χ2v) is 9.58. The highest BCUT2D eigenvalue weighted by Gasteiger charge is 2.41. The molecule has 0 nitrogen and oxygen atoms in total. The third kappa shape index (κ3) is 4.71. The van der Waals surface area contributed by atoms with E-state index in [1.54, 1.807) is 48.5 Å². The van der Waals surface area contributed by atoms with Crippen LogP contribution in [0, 0.1) is 0 Å². The molecule has 6 aromatic rings.